The molecule has 0 atom stereocenters. The third-order valence-corrected chi connectivity index (χ3v) is 0. The summed E-state index contributed by atoms with van der Waals surface area (Å²) in [7, 11) is 0. The minimum absolute atomic E-state index is 0. The van der Waals surface area contributed by atoms with Crippen LogP contribution in [-0.4, -0.2) is 33.6 Å². The summed E-state index contributed by atoms with van der Waals surface area (Å²) in [4.78, 5) is 0. The molecule has 0 radical (unpaired) electrons. The standard InChI is InChI=1S/2Al.2O.Ti.Zn.4H. The molecule has 0 saturated carbocycles. The van der Waals surface area contributed by atoms with Gasteiger partial charge in [-0.3, -0.25) is 0 Å². The molecule has 0 N–H and O–H groups in total. The molecule has 0 aliphatic rings. The van der Waals surface area contributed by atoms with Gasteiger partial charge in [0.25, 0.3) is 0 Å². The minimum Gasteiger partial charge on any atom is 0 e. The molecule has 0 aliphatic heterocycles. The zero-order chi connectivity index (χ0) is 4.00. The largest absolute Gasteiger partial charge is 0 e. The van der Waals surface area contributed by atoms with Crippen molar-refractivity contribution in [2.75, 3.05) is 0 Å². The summed E-state index contributed by atoms with van der Waals surface area (Å²) in [5.74, 6) is 0. The second-order valence-electron chi connectivity index (χ2n) is 0. The zero-order valence-corrected chi connectivity index (χ0v) is 8.67. The van der Waals surface area contributed by atoms with E-state index in [-0.39, 0.29) is 36.8 Å². The van der Waals surface area contributed by atoms with E-state index in [0.29, 0.717) is 16.2 Å². The van der Waals surface area contributed by atoms with Crippen LogP contribution >= 0.6 is 0 Å². The van der Waals surface area contributed by atoms with Gasteiger partial charge in [-0.05, 0) is 0 Å². The molecule has 0 bridgehead atoms. The van der Waals surface area contributed by atoms with Crippen LogP contribution in [0.4, 0.5) is 0 Å². The molecule has 28 valence electrons. The van der Waals surface area contributed by atoms with Crippen molar-refractivity contribution < 1.29 is 47.0 Å². The first-order valence-corrected chi connectivity index (χ1v) is 1.71. The third kappa shape index (κ3) is 37.5. The smallest absolute Gasteiger partial charge is 0 e. The van der Waals surface area contributed by atoms with Gasteiger partial charge in [-0.2, -0.15) is 0 Å². The molecule has 0 saturated heterocycles. The molecule has 2 nitrogen and oxygen atoms in total. The first-order chi connectivity index (χ1) is 2.00. The van der Waals surface area contributed by atoms with Gasteiger partial charge in [-0.1, -0.05) is 0 Å². The SMILES string of the molecule is [AlH3].[O]=[AlH].[O]=[Ti].[Zn]. The second kappa shape index (κ2) is 62.9. The normalized spacial score (nSPS) is 1.00. The van der Waals surface area contributed by atoms with Gasteiger partial charge in [0.05, 0.1) is 0 Å². The minimum atomic E-state index is 0. The summed E-state index contributed by atoms with van der Waals surface area (Å²) in [6.45, 7) is 0. The molecule has 0 rings (SSSR count). The molecular formula is H4Al2O2TiZn. The Hall–Kier alpha value is 2.00. The molecular weight excluding hydrogens is 199 g/mol. The molecule has 0 heterocycles. The third-order valence-electron chi connectivity index (χ3n) is 0. The van der Waals surface area contributed by atoms with Gasteiger partial charge < -0.3 is 0 Å². The maximum atomic E-state index is 8.28. The van der Waals surface area contributed by atoms with Crippen LogP contribution in [0.5, 0.6) is 0 Å². The van der Waals surface area contributed by atoms with E-state index < -0.39 is 0 Å². The van der Waals surface area contributed by atoms with Gasteiger partial charge in [-0.25, -0.2) is 0 Å². The molecule has 0 aromatic rings. The van der Waals surface area contributed by atoms with Crippen molar-refractivity contribution in [3.8, 4) is 0 Å². The summed E-state index contributed by atoms with van der Waals surface area (Å²) in [5.41, 5.74) is 0. The summed E-state index contributed by atoms with van der Waals surface area (Å²) < 4.78 is 16.5. The average molecular weight is 203 g/mol. The molecule has 0 fully saturated rings. The first-order valence-electron chi connectivity index (χ1n) is 0.493. The fourth-order valence-corrected chi connectivity index (χ4v) is 0. The van der Waals surface area contributed by atoms with Crippen LogP contribution in [-0.2, 0) is 47.0 Å². The average Bonchev–Trinajstić information content (AvgIpc) is 1.50. The predicted molar refractivity (Wildman–Crippen MR) is 18.5 cm³/mol. The fraction of sp³-hybridized carbons (Fsp3) is 0. The van der Waals surface area contributed by atoms with Gasteiger partial charge in [-0.15, -0.1) is 0 Å². The van der Waals surface area contributed by atoms with Crippen LogP contribution in [0.1, 0.15) is 0 Å². The van der Waals surface area contributed by atoms with E-state index in [9.17, 15) is 0 Å². The van der Waals surface area contributed by atoms with Crippen LogP contribution in [0.2, 0.25) is 0 Å². The Balaban J connectivity index is -0.00000000500. The Morgan fingerprint density at radius 2 is 1.17 bits per heavy atom. The first kappa shape index (κ1) is 24.5. The van der Waals surface area contributed by atoms with E-state index in [1.807, 2.05) is 0 Å². The quantitative estimate of drug-likeness (QED) is 0.424. The van der Waals surface area contributed by atoms with Crippen LogP contribution in [0.25, 0.3) is 0 Å². The van der Waals surface area contributed by atoms with Crippen molar-refractivity contribution in [3.05, 3.63) is 0 Å². The van der Waals surface area contributed by atoms with Crippen molar-refractivity contribution in [1.82, 2.24) is 0 Å². The molecule has 0 amide bonds. The maximum absolute atomic E-state index is 8.28. The number of rotatable bonds is 0. The summed E-state index contributed by atoms with van der Waals surface area (Å²) >= 11 is 1.36. The summed E-state index contributed by atoms with van der Waals surface area (Å²) in [6, 6.07) is 0. The zero-order valence-electron chi connectivity index (χ0n) is 2.73. The number of hydrogen-bond donors (Lipinski definition) is 0. The topological polar surface area (TPSA) is 34.1 Å². The molecule has 0 spiro atoms. The molecule has 0 aromatic heterocycles. The molecule has 0 aliphatic carbocycles. The van der Waals surface area contributed by atoms with Gasteiger partial charge in [0, 0.05) is 19.5 Å². The van der Waals surface area contributed by atoms with Crippen LogP contribution < -0.4 is 0 Å². The van der Waals surface area contributed by atoms with E-state index in [0.717, 1.165) is 20.4 Å². The maximum Gasteiger partial charge on any atom is 0 e. The Morgan fingerprint density at radius 3 is 1.17 bits per heavy atom. The Labute approximate surface area is 79.7 Å². The molecule has 6 heteroatoms. The Morgan fingerprint density at radius 1 is 1.17 bits per heavy atom. The van der Waals surface area contributed by atoms with Crippen LogP contribution in [0.3, 0.4) is 0 Å². The Kier molecular flexibility index (Phi) is 257. The summed E-state index contributed by atoms with van der Waals surface area (Å²) in [6.07, 6.45) is 0. The van der Waals surface area contributed by atoms with Gasteiger partial charge in [0.15, 0.2) is 17.4 Å². The van der Waals surface area contributed by atoms with E-state index >= 15 is 0 Å². The summed E-state index contributed by atoms with van der Waals surface area (Å²) in [5, 5.41) is 0. The second-order valence-corrected chi connectivity index (χ2v) is 0. The number of hydrogen-bond acceptors (Lipinski definition) is 2. The molecule has 0 unspecified atom stereocenters. The molecule has 6 heavy (non-hydrogen) atoms. The van der Waals surface area contributed by atoms with Crippen LogP contribution in [0, 0.1) is 0 Å². The predicted octanol–water partition coefficient (Wildman–Crippen LogP) is -2.08. The van der Waals surface area contributed by atoms with E-state index in [4.69, 9.17) is 7.13 Å². The van der Waals surface area contributed by atoms with Crippen molar-refractivity contribution in [2.24, 2.45) is 0 Å². The van der Waals surface area contributed by atoms with Crippen molar-refractivity contribution >= 4 is 33.6 Å². The monoisotopic (exact) mass is 202 g/mol. The van der Waals surface area contributed by atoms with Crippen molar-refractivity contribution in [3.63, 3.8) is 0 Å². The van der Waals surface area contributed by atoms with E-state index in [1.165, 1.54) is 0 Å². The fourth-order valence-electron chi connectivity index (χ4n) is 0. The van der Waals surface area contributed by atoms with Crippen molar-refractivity contribution in [2.45, 2.75) is 0 Å². The van der Waals surface area contributed by atoms with E-state index in [1.54, 1.807) is 0 Å². The van der Waals surface area contributed by atoms with E-state index in [2.05, 4.69) is 0 Å². The van der Waals surface area contributed by atoms with Gasteiger partial charge in [0.2, 0.25) is 0 Å². The molecule has 0 aromatic carbocycles. The Bertz CT molecular complexity index is 13.5. The van der Waals surface area contributed by atoms with Gasteiger partial charge in [0.1, 0.15) is 0 Å². The van der Waals surface area contributed by atoms with Crippen molar-refractivity contribution in [1.29, 1.82) is 0 Å². The van der Waals surface area contributed by atoms with Gasteiger partial charge >= 0.3 is 43.8 Å². The van der Waals surface area contributed by atoms with Crippen LogP contribution in [0.15, 0.2) is 0 Å².